The van der Waals surface area contributed by atoms with Crippen molar-refractivity contribution >= 4 is 28.8 Å². The molecular formula is C20H22N4O4. The highest BCUT2D eigenvalue weighted by atomic mass is 16.5. The molecule has 3 aromatic rings. The van der Waals surface area contributed by atoms with Gasteiger partial charge < -0.3 is 19.8 Å². The predicted molar refractivity (Wildman–Crippen MR) is 105 cm³/mol. The second kappa shape index (κ2) is 8.51. The Labute approximate surface area is 162 Å². The molecule has 1 aromatic carbocycles. The molecular weight excluding hydrogens is 360 g/mol. The third-order valence-electron chi connectivity index (χ3n) is 4.51. The van der Waals surface area contributed by atoms with Gasteiger partial charge in [-0.1, -0.05) is 20.3 Å². The predicted octanol–water partition coefficient (Wildman–Crippen LogP) is 3.60. The van der Waals surface area contributed by atoms with Gasteiger partial charge in [0.2, 0.25) is 5.89 Å². The van der Waals surface area contributed by atoms with Gasteiger partial charge in [0.05, 0.1) is 12.7 Å². The zero-order valence-corrected chi connectivity index (χ0v) is 15.9. The number of hydrogen-bond donors (Lipinski definition) is 2. The number of nitrogens with one attached hydrogen (secondary N) is 2. The summed E-state index contributed by atoms with van der Waals surface area (Å²) < 4.78 is 10.5. The van der Waals surface area contributed by atoms with E-state index in [-0.39, 0.29) is 5.92 Å². The largest absolute Gasteiger partial charge is 0.467 e. The fraction of sp³-hybridized carbons (Fsp3) is 0.300. The summed E-state index contributed by atoms with van der Waals surface area (Å²) in [7, 11) is 1.30. The molecule has 0 saturated heterocycles. The first kappa shape index (κ1) is 19.3. The van der Waals surface area contributed by atoms with Crippen molar-refractivity contribution in [1.29, 1.82) is 0 Å². The molecule has 0 saturated carbocycles. The van der Waals surface area contributed by atoms with Crippen LogP contribution >= 0.6 is 0 Å². The molecule has 8 nitrogen and oxygen atoms in total. The highest BCUT2D eigenvalue weighted by Gasteiger charge is 2.26. The molecule has 0 aliphatic rings. The summed E-state index contributed by atoms with van der Waals surface area (Å²) in [4.78, 5) is 32.8. The van der Waals surface area contributed by atoms with Gasteiger partial charge in [0.25, 0.3) is 0 Å². The molecule has 8 heteroatoms. The average Bonchev–Trinajstić information content (AvgIpc) is 3.15. The van der Waals surface area contributed by atoms with Crippen molar-refractivity contribution in [1.82, 2.24) is 15.3 Å². The van der Waals surface area contributed by atoms with Crippen molar-refractivity contribution < 1.29 is 18.7 Å². The van der Waals surface area contributed by atoms with E-state index in [0.717, 1.165) is 12.0 Å². The van der Waals surface area contributed by atoms with Crippen LogP contribution in [0.25, 0.3) is 22.6 Å². The molecule has 2 aromatic heterocycles. The minimum absolute atomic E-state index is 0.0572. The van der Waals surface area contributed by atoms with Crippen molar-refractivity contribution in [3.63, 3.8) is 0 Å². The summed E-state index contributed by atoms with van der Waals surface area (Å²) in [6.07, 6.45) is 4.06. The quantitative estimate of drug-likeness (QED) is 0.631. The summed E-state index contributed by atoms with van der Waals surface area (Å²) >= 11 is 0. The maximum Gasteiger partial charge on any atom is 0.328 e. The Kier molecular flexibility index (Phi) is 5.88. The number of rotatable bonds is 6. The number of anilines is 1. The van der Waals surface area contributed by atoms with Gasteiger partial charge in [-0.15, -0.1) is 0 Å². The van der Waals surface area contributed by atoms with E-state index in [4.69, 9.17) is 9.15 Å². The van der Waals surface area contributed by atoms with Crippen LogP contribution in [0.5, 0.6) is 0 Å². The highest BCUT2D eigenvalue weighted by Crippen LogP contribution is 2.25. The molecule has 3 rings (SSSR count). The molecule has 2 heterocycles. The molecule has 0 aliphatic heterocycles. The summed E-state index contributed by atoms with van der Waals surface area (Å²) in [6, 6.07) is 7.58. The third-order valence-corrected chi connectivity index (χ3v) is 4.51. The zero-order chi connectivity index (χ0) is 20.1. The number of carbonyl (C=O) groups excluding carboxylic acids is 2. The molecule has 2 N–H and O–H groups in total. The van der Waals surface area contributed by atoms with Crippen LogP contribution in [0.15, 0.2) is 47.1 Å². The van der Waals surface area contributed by atoms with Crippen LogP contribution in [-0.4, -0.2) is 35.1 Å². The van der Waals surface area contributed by atoms with Crippen molar-refractivity contribution in [3.8, 4) is 11.5 Å². The number of nitrogens with zero attached hydrogens (tertiary/aromatic N) is 2. The van der Waals surface area contributed by atoms with Crippen molar-refractivity contribution in [2.45, 2.75) is 26.3 Å². The number of urea groups is 1. The van der Waals surface area contributed by atoms with Gasteiger partial charge >= 0.3 is 12.0 Å². The Balaban J connectivity index is 1.75. The van der Waals surface area contributed by atoms with Crippen LogP contribution in [0, 0.1) is 5.92 Å². The van der Waals surface area contributed by atoms with Gasteiger partial charge in [-0.2, -0.15) is 0 Å². The topological polar surface area (TPSA) is 106 Å². The third kappa shape index (κ3) is 4.28. The lowest BCUT2D eigenvalue weighted by Gasteiger charge is -2.21. The summed E-state index contributed by atoms with van der Waals surface area (Å²) in [5, 5.41) is 5.39. The maximum absolute atomic E-state index is 12.3. The first-order valence-electron chi connectivity index (χ1n) is 8.98. The molecule has 0 spiro atoms. The van der Waals surface area contributed by atoms with E-state index in [0.29, 0.717) is 22.7 Å². The Morgan fingerprint density at radius 3 is 2.79 bits per heavy atom. The zero-order valence-electron chi connectivity index (χ0n) is 15.9. The second-order valence-corrected chi connectivity index (χ2v) is 6.43. The summed E-state index contributed by atoms with van der Waals surface area (Å²) in [5.74, 6) is -0.0805. The molecule has 28 heavy (non-hydrogen) atoms. The number of carbonyl (C=O) groups is 2. The summed E-state index contributed by atoms with van der Waals surface area (Å²) in [5.41, 5.74) is 2.49. The fourth-order valence-electron chi connectivity index (χ4n) is 2.72. The molecule has 0 radical (unpaired) electrons. The van der Waals surface area contributed by atoms with Crippen molar-refractivity contribution in [2.75, 3.05) is 12.4 Å². The van der Waals surface area contributed by atoms with Crippen molar-refractivity contribution in [3.05, 3.63) is 42.7 Å². The van der Waals surface area contributed by atoms with Gasteiger partial charge in [0.15, 0.2) is 5.58 Å². The number of hydrogen-bond acceptors (Lipinski definition) is 6. The Bertz CT molecular complexity index is 971. The van der Waals surface area contributed by atoms with Gasteiger partial charge in [0, 0.05) is 18.1 Å². The van der Waals surface area contributed by atoms with Crippen LogP contribution in [0.4, 0.5) is 10.5 Å². The number of ether oxygens (including phenoxy) is 1. The van der Waals surface area contributed by atoms with Crippen LogP contribution in [0.3, 0.4) is 0 Å². The minimum Gasteiger partial charge on any atom is -0.467 e. The first-order valence-corrected chi connectivity index (χ1v) is 8.98. The first-order chi connectivity index (χ1) is 13.5. The van der Waals surface area contributed by atoms with E-state index in [9.17, 15) is 9.59 Å². The Morgan fingerprint density at radius 1 is 1.29 bits per heavy atom. The average molecular weight is 382 g/mol. The Morgan fingerprint density at radius 2 is 2.11 bits per heavy atom. The van der Waals surface area contributed by atoms with Gasteiger partial charge in [0.1, 0.15) is 11.6 Å². The second-order valence-electron chi connectivity index (χ2n) is 6.43. The van der Waals surface area contributed by atoms with Crippen LogP contribution in [0.1, 0.15) is 20.3 Å². The molecule has 0 fully saturated rings. The van der Waals surface area contributed by atoms with Crippen molar-refractivity contribution in [2.24, 2.45) is 5.92 Å². The SMILES string of the molecule is CC[C@@H](C)[C@H](NC(=O)Nc1ccc2oc(-c3cccnc3)nc2c1)C(=O)OC. The lowest BCUT2D eigenvalue weighted by Crippen LogP contribution is -2.47. The molecule has 0 aliphatic carbocycles. The number of aromatic nitrogens is 2. The minimum atomic E-state index is -0.719. The summed E-state index contributed by atoms with van der Waals surface area (Å²) in [6.45, 7) is 3.82. The van der Waals surface area contributed by atoms with Crippen LogP contribution in [-0.2, 0) is 9.53 Å². The number of oxazole rings is 1. The monoisotopic (exact) mass is 382 g/mol. The highest BCUT2D eigenvalue weighted by molar-refractivity contribution is 5.94. The molecule has 146 valence electrons. The number of amides is 2. The number of pyridine rings is 1. The Hall–Kier alpha value is -3.42. The van der Waals surface area contributed by atoms with Crippen LogP contribution < -0.4 is 10.6 Å². The lowest BCUT2D eigenvalue weighted by molar-refractivity contribution is -0.144. The molecule has 0 unspecified atom stereocenters. The van der Waals surface area contributed by atoms with E-state index in [2.05, 4.69) is 20.6 Å². The smallest absolute Gasteiger partial charge is 0.328 e. The van der Waals surface area contributed by atoms with Crippen LogP contribution in [0.2, 0.25) is 0 Å². The fourth-order valence-corrected chi connectivity index (χ4v) is 2.72. The van der Waals surface area contributed by atoms with Gasteiger partial charge in [-0.05, 0) is 36.2 Å². The number of esters is 1. The molecule has 0 bridgehead atoms. The van der Waals surface area contributed by atoms with E-state index < -0.39 is 18.0 Å². The number of benzene rings is 1. The lowest BCUT2D eigenvalue weighted by atomic mass is 9.99. The van der Waals surface area contributed by atoms with E-state index >= 15 is 0 Å². The standard InChI is InChI=1S/C20H22N4O4/c1-4-12(2)17(19(25)27-3)24-20(26)22-14-7-8-16-15(10-14)23-18(28-16)13-6-5-9-21-11-13/h5-12,17H,4H2,1-3H3,(H2,22,24,26)/t12-,17+/m1/s1. The molecule has 2 atom stereocenters. The number of methoxy groups -OCH3 is 1. The number of fused-ring (bicyclic) bond motifs is 1. The normalized spacial score (nSPS) is 13.0. The maximum atomic E-state index is 12.3. The van der Waals surface area contributed by atoms with Gasteiger partial charge in [-0.3, -0.25) is 4.98 Å². The molecule has 2 amide bonds. The van der Waals surface area contributed by atoms with Gasteiger partial charge in [-0.25, -0.2) is 14.6 Å². The van der Waals surface area contributed by atoms with E-state index in [1.807, 2.05) is 19.9 Å². The van der Waals surface area contributed by atoms with E-state index in [1.165, 1.54) is 7.11 Å². The van der Waals surface area contributed by atoms with E-state index in [1.54, 1.807) is 36.7 Å².